The molecule has 1 rings (SSSR count). The van der Waals surface area contributed by atoms with E-state index in [1.165, 1.54) is 12.1 Å². The van der Waals surface area contributed by atoms with Gasteiger partial charge in [0.2, 0.25) is 15.9 Å². The number of rotatable bonds is 8. The maximum atomic E-state index is 12.2. The summed E-state index contributed by atoms with van der Waals surface area (Å²) in [6.45, 7) is 4.28. The lowest BCUT2D eigenvalue weighted by molar-refractivity contribution is -0.116. The summed E-state index contributed by atoms with van der Waals surface area (Å²) in [7, 11) is -1.80. The molecule has 0 spiro atoms. The van der Waals surface area contributed by atoms with Gasteiger partial charge in [0.1, 0.15) is 0 Å². The number of anilines is 1. The molecule has 0 heterocycles. The third-order valence-corrected chi connectivity index (χ3v) is 4.59. The number of carbonyl (C=O) groups excluding carboxylic acids is 1. The minimum absolute atomic E-state index is 0.135. The molecular formula is C14H23N3O3S. The molecule has 0 aliphatic rings. The molecule has 1 aromatic rings. The van der Waals surface area contributed by atoms with Gasteiger partial charge in [-0.2, -0.15) is 0 Å². The van der Waals surface area contributed by atoms with Crippen LogP contribution in [0.25, 0.3) is 0 Å². The topological polar surface area (TPSA) is 87.3 Å². The fourth-order valence-corrected chi connectivity index (χ4v) is 2.99. The maximum Gasteiger partial charge on any atom is 0.240 e. The van der Waals surface area contributed by atoms with Gasteiger partial charge in [-0.3, -0.25) is 4.79 Å². The average molecular weight is 313 g/mol. The highest BCUT2D eigenvalue weighted by Gasteiger charge is 2.17. The molecule has 0 radical (unpaired) electrons. The van der Waals surface area contributed by atoms with Crippen molar-refractivity contribution in [2.24, 2.45) is 0 Å². The molecule has 0 aliphatic carbocycles. The zero-order valence-corrected chi connectivity index (χ0v) is 13.5. The number of hydrogen-bond acceptors (Lipinski definition) is 4. The van der Waals surface area contributed by atoms with Crippen LogP contribution in [0.3, 0.4) is 0 Å². The first-order chi connectivity index (χ1) is 9.89. The summed E-state index contributed by atoms with van der Waals surface area (Å²) < 4.78 is 26.9. The first-order valence-electron chi connectivity index (χ1n) is 6.96. The predicted molar refractivity (Wildman–Crippen MR) is 83.7 cm³/mol. The second kappa shape index (κ2) is 8.11. The lowest BCUT2D eigenvalue weighted by Crippen LogP contribution is -2.32. The van der Waals surface area contributed by atoms with E-state index in [1.54, 1.807) is 26.1 Å². The Bertz CT molecular complexity index is 573. The van der Waals surface area contributed by atoms with Crippen LogP contribution in [0.15, 0.2) is 29.2 Å². The molecular weight excluding hydrogens is 290 g/mol. The third-order valence-electron chi connectivity index (χ3n) is 3.00. The van der Waals surface area contributed by atoms with Crippen LogP contribution in [0.2, 0.25) is 0 Å². The summed E-state index contributed by atoms with van der Waals surface area (Å²) in [5, 5.41) is 5.57. The van der Waals surface area contributed by atoms with Gasteiger partial charge in [0.25, 0.3) is 0 Å². The standard InChI is InChI=1S/C14H23N3O3S/c1-4-11(2)17-21(19,20)13-7-5-6-12(10-13)16-14(18)8-9-15-3/h5-7,10-11,15,17H,4,8-9H2,1-3H3,(H,16,18). The van der Waals surface area contributed by atoms with Gasteiger partial charge in [0.05, 0.1) is 4.90 Å². The number of carbonyl (C=O) groups is 1. The Morgan fingerprint density at radius 2 is 2.05 bits per heavy atom. The smallest absolute Gasteiger partial charge is 0.240 e. The molecule has 0 bridgehead atoms. The van der Waals surface area contributed by atoms with Gasteiger partial charge in [-0.15, -0.1) is 0 Å². The zero-order chi connectivity index (χ0) is 15.9. The molecule has 21 heavy (non-hydrogen) atoms. The molecule has 7 heteroatoms. The van der Waals surface area contributed by atoms with E-state index in [2.05, 4.69) is 15.4 Å². The lowest BCUT2D eigenvalue weighted by Gasteiger charge is -2.13. The van der Waals surface area contributed by atoms with E-state index >= 15 is 0 Å². The number of amides is 1. The van der Waals surface area contributed by atoms with Gasteiger partial charge < -0.3 is 10.6 Å². The number of sulfonamides is 1. The molecule has 0 aliphatic heterocycles. The highest BCUT2D eigenvalue weighted by Crippen LogP contribution is 2.16. The molecule has 1 aromatic carbocycles. The maximum absolute atomic E-state index is 12.2. The van der Waals surface area contributed by atoms with Crippen LogP contribution in [-0.4, -0.2) is 34.0 Å². The summed E-state index contributed by atoms with van der Waals surface area (Å²) in [6.07, 6.45) is 1.04. The fraction of sp³-hybridized carbons (Fsp3) is 0.500. The Kier molecular flexibility index (Phi) is 6.80. The van der Waals surface area contributed by atoms with Gasteiger partial charge in [-0.25, -0.2) is 13.1 Å². The Labute approximate surface area is 126 Å². The lowest BCUT2D eigenvalue weighted by atomic mass is 10.3. The molecule has 1 amide bonds. The zero-order valence-electron chi connectivity index (χ0n) is 12.6. The summed E-state index contributed by atoms with van der Waals surface area (Å²) in [5.41, 5.74) is 0.475. The van der Waals surface area contributed by atoms with Crippen LogP contribution in [0.5, 0.6) is 0 Å². The summed E-state index contributed by atoms with van der Waals surface area (Å²) in [6, 6.07) is 6.11. The van der Waals surface area contributed by atoms with E-state index in [9.17, 15) is 13.2 Å². The first kappa shape index (κ1) is 17.6. The first-order valence-corrected chi connectivity index (χ1v) is 8.44. The van der Waals surface area contributed by atoms with Gasteiger partial charge in [-0.1, -0.05) is 13.0 Å². The van der Waals surface area contributed by atoms with Crippen LogP contribution < -0.4 is 15.4 Å². The quantitative estimate of drug-likeness (QED) is 0.675. The minimum atomic E-state index is -3.56. The van der Waals surface area contributed by atoms with Crippen LogP contribution in [0.4, 0.5) is 5.69 Å². The molecule has 1 atom stereocenters. The summed E-state index contributed by atoms with van der Waals surface area (Å²) >= 11 is 0. The summed E-state index contributed by atoms with van der Waals surface area (Å²) in [5.74, 6) is -0.159. The molecule has 0 fully saturated rings. The van der Waals surface area contributed by atoms with Crippen LogP contribution in [0.1, 0.15) is 26.7 Å². The van der Waals surface area contributed by atoms with Crippen LogP contribution >= 0.6 is 0 Å². The minimum Gasteiger partial charge on any atom is -0.326 e. The van der Waals surface area contributed by atoms with E-state index < -0.39 is 10.0 Å². The molecule has 0 aromatic heterocycles. The van der Waals surface area contributed by atoms with E-state index in [-0.39, 0.29) is 16.8 Å². The van der Waals surface area contributed by atoms with E-state index in [0.29, 0.717) is 25.1 Å². The molecule has 1 unspecified atom stereocenters. The Balaban J connectivity index is 2.83. The van der Waals surface area contributed by atoms with Crippen molar-refractivity contribution in [3.05, 3.63) is 24.3 Å². The Morgan fingerprint density at radius 1 is 1.33 bits per heavy atom. The largest absolute Gasteiger partial charge is 0.326 e. The molecule has 0 saturated heterocycles. The Morgan fingerprint density at radius 3 is 2.67 bits per heavy atom. The second-order valence-corrected chi connectivity index (χ2v) is 6.57. The second-order valence-electron chi connectivity index (χ2n) is 4.86. The van der Waals surface area contributed by atoms with Crippen molar-refractivity contribution in [3.8, 4) is 0 Å². The van der Waals surface area contributed by atoms with Crippen molar-refractivity contribution in [2.45, 2.75) is 37.6 Å². The Hall–Kier alpha value is -1.44. The van der Waals surface area contributed by atoms with E-state index in [1.807, 2.05) is 6.92 Å². The average Bonchev–Trinajstić information content (AvgIpc) is 2.44. The van der Waals surface area contributed by atoms with Crippen molar-refractivity contribution >= 4 is 21.6 Å². The number of hydrogen-bond donors (Lipinski definition) is 3. The van der Waals surface area contributed by atoms with Gasteiger partial charge >= 0.3 is 0 Å². The van der Waals surface area contributed by atoms with Crippen LogP contribution in [-0.2, 0) is 14.8 Å². The van der Waals surface area contributed by atoms with Gasteiger partial charge in [-0.05, 0) is 38.6 Å². The van der Waals surface area contributed by atoms with Crippen molar-refractivity contribution in [1.82, 2.24) is 10.0 Å². The van der Waals surface area contributed by atoms with Gasteiger partial charge in [0, 0.05) is 24.7 Å². The van der Waals surface area contributed by atoms with Crippen molar-refractivity contribution < 1.29 is 13.2 Å². The molecule has 3 N–H and O–H groups in total. The SMILES string of the molecule is CCC(C)NS(=O)(=O)c1cccc(NC(=O)CCNC)c1. The van der Waals surface area contributed by atoms with Crippen molar-refractivity contribution in [3.63, 3.8) is 0 Å². The summed E-state index contributed by atoms with van der Waals surface area (Å²) in [4.78, 5) is 11.8. The van der Waals surface area contributed by atoms with Gasteiger partial charge in [0.15, 0.2) is 0 Å². The normalized spacial score (nSPS) is 12.9. The predicted octanol–water partition coefficient (Wildman–Crippen LogP) is 1.31. The highest BCUT2D eigenvalue weighted by atomic mass is 32.2. The number of nitrogens with one attached hydrogen (secondary N) is 3. The number of benzene rings is 1. The highest BCUT2D eigenvalue weighted by molar-refractivity contribution is 7.89. The molecule has 0 saturated carbocycles. The fourth-order valence-electron chi connectivity index (χ4n) is 1.62. The third kappa shape index (κ3) is 5.82. The monoisotopic (exact) mass is 313 g/mol. The molecule has 6 nitrogen and oxygen atoms in total. The van der Waals surface area contributed by atoms with E-state index in [0.717, 1.165) is 0 Å². The molecule has 118 valence electrons. The van der Waals surface area contributed by atoms with Crippen molar-refractivity contribution in [2.75, 3.05) is 18.9 Å². The van der Waals surface area contributed by atoms with Crippen LogP contribution in [0, 0.1) is 0 Å². The van der Waals surface area contributed by atoms with E-state index in [4.69, 9.17) is 0 Å². The van der Waals surface area contributed by atoms with Crippen molar-refractivity contribution in [1.29, 1.82) is 0 Å².